The van der Waals surface area contributed by atoms with Crippen molar-refractivity contribution in [2.75, 3.05) is 0 Å². The fourth-order valence-electron chi connectivity index (χ4n) is 2.86. The Labute approximate surface area is 183 Å². The predicted octanol–water partition coefficient (Wildman–Crippen LogP) is 5.35. The van der Waals surface area contributed by atoms with E-state index in [0.717, 1.165) is 12.8 Å². The summed E-state index contributed by atoms with van der Waals surface area (Å²) in [5.74, 6) is -0.902. The molecule has 2 rings (SSSR count). The van der Waals surface area contributed by atoms with Crippen molar-refractivity contribution in [3.8, 4) is 0 Å². The number of rotatable bonds is 5. The summed E-state index contributed by atoms with van der Waals surface area (Å²) in [7, 11) is 0.799. The fraction of sp³-hybridized carbons (Fsp3) is 0.579. The van der Waals surface area contributed by atoms with Gasteiger partial charge in [0.1, 0.15) is 5.60 Å². The van der Waals surface area contributed by atoms with Crippen LogP contribution in [0.25, 0.3) is 10.5 Å². The summed E-state index contributed by atoms with van der Waals surface area (Å²) in [6.45, 7) is 5.28. The number of esters is 1. The third-order valence-electron chi connectivity index (χ3n) is 4.00. The Hall–Kier alpha value is -0.527. The first-order chi connectivity index (χ1) is 12.6. The number of ether oxygens (including phenoxy) is 1. The van der Waals surface area contributed by atoms with Crippen LogP contribution in [0.2, 0.25) is 0 Å². The molecule has 1 aromatic carbocycles. The number of carbonyl (C=O) groups excluding carboxylic acids is 1. The molecule has 9 heteroatoms. The molecule has 1 aromatic rings. The van der Waals surface area contributed by atoms with E-state index in [1.165, 1.54) is 0 Å². The van der Waals surface area contributed by atoms with Crippen LogP contribution in [0.5, 0.6) is 0 Å². The van der Waals surface area contributed by atoms with E-state index < -0.39 is 33.7 Å². The molecule has 0 amide bonds. The fourth-order valence-corrected chi connectivity index (χ4v) is 4.24. The molecule has 2 unspecified atom stereocenters. The van der Waals surface area contributed by atoms with Gasteiger partial charge in [0.2, 0.25) is 0 Å². The van der Waals surface area contributed by atoms with Gasteiger partial charge in [-0.1, -0.05) is 43.9 Å². The van der Waals surface area contributed by atoms with Crippen molar-refractivity contribution in [2.24, 2.45) is 0 Å². The number of nitrogens with one attached hydrogen (secondary N) is 1. The van der Waals surface area contributed by atoms with Crippen LogP contribution in [0.3, 0.4) is 0 Å². The first-order valence-electron chi connectivity index (χ1n) is 8.68. The molecule has 0 aliphatic heterocycles. The minimum absolute atomic E-state index is 0. The van der Waals surface area contributed by atoms with Gasteiger partial charge in [0.25, 0.3) is 0 Å². The molecule has 28 heavy (non-hydrogen) atoms. The Bertz CT molecular complexity index is 723. The number of halogens is 1. The van der Waals surface area contributed by atoms with Gasteiger partial charge in [0.05, 0.1) is 21.3 Å². The molecule has 6 nitrogen and oxygen atoms in total. The molecule has 0 aromatic heterocycles. The summed E-state index contributed by atoms with van der Waals surface area (Å²) in [5.41, 5.74) is 7.92. The number of carbonyl (C=O) groups is 1. The molecule has 160 valence electrons. The van der Waals surface area contributed by atoms with Crippen LogP contribution < -0.4 is 0 Å². The SMILES string of the molecule is CC(C)(C)OC(=O)c1ccccc1CS(=O)(=O)[N-]C1CCCCC1[NH-].[CH3-].[Cl][Ru+3]. The molecular formula is C19H29ClN2O4RuS. The van der Waals surface area contributed by atoms with Crippen molar-refractivity contribution in [1.82, 2.24) is 0 Å². The molecule has 1 N–H and O–H groups in total. The van der Waals surface area contributed by atoms with E-state index in [1.54, 1.807) is 45.0 Å². The summed E-state index contributed by atoms with van der Waals surface area (Å²) < 4.78 is 34.2. The predicted molar refractivity (Wildman–Crippen MR) is 110 cm³/mol. The molecule has 2 atom stereocenters. The van der Waals surface area contributed by atoms with Crippen LogP contribution in [0, 0.1) is 7.43 Å². The Morgan fingerprint density at radius 3 is 2.39 bits per heavy atom. The molecule has 1 saturated carbocycles. The molecule has 0 saturated heterocycles. The van der Waals surface area contributed by atoms with Gasteiger partial charge in [0.15, 0.2) is 0 Å². The molecule has 1 aliphatic rings. The van der Waals surface area contributed by atoms with E-state index >= 15 is 0 Å². The van der Waals surface area contributed by atoms with Gasteiger partial charge < -0.3 is 22.6 Å². The van der Waals surface area contributed by atoms with E-state index in [4.69, 9.17) is 10.5 Å². The third kappa shape index (κ3) is 9.31. The monoisotopic (exact) mass is 518 g/mol. The van der Waals surface area contributed by atoms with E-state index in [-0.39, 0.29) is 18.7 Å². The van der Waals surface area contributed by atoms with Crippen LogP contribution in [-0.4, -0.2) is 32.1 Å². The quantitative estimate of drug-likeness (QED) is 0.299. The molecule has 1 aliphatic carbocycles. The second kappa shape index (κ2) is 12.2. The summed E-state index contributed by atoms with van der Waals surface area (Å²) in [6.07, 6.45) is 3.15. The average Bonchev–Trinajstić information content (AvgIpc) is 2.57. The van der Waals surface area contributed by atoms with Gasteiger partial charge in [-0.2, -0.15) is 6.04 Å². The zero-order valence-electron chi connectivity index (χ0n) is 16.7. The van der Waals surface area contributed by atoms with E-state index in [1.807, 2.05) is 17.3 Å². The first-order valence-corrected chi connectivity index (χ1v) is 12.5. The molecule has 0 bridgehead atoms. The van der Waals surface area contributed by atoms with Crippen molar-refractivity contribution < 1.29 is 35.3 Å². The normalized spacial score (nSPS) is 19.6. The Morgan fingerprint density at radius 2 is 1.82 bits per heavy atom. The van der Waals surface area contributed by atoms with Gasteiger partial charge in [-0.3, -0.25) is 0 Å². The maximum absolute atomic E-state index is 12.5. The van der Waals surface area contributed by atoms with Crippen LogP contribution in [0.15, 0.2) is 24.3 Å². The van der Waals surface area contributed by atoms with Crippen molar-refractivity contribution in [2.45, 2.75) is 69.9 Å². The van der Waals surface area contributed by atoms with Crippen LogP contribution >= 0.6 is 9.69 Å². The third-order valence-corrected chi connectivity index (χ3v) is 5.27. The van der Waals surface area contributed by atoms with Crippen LogP contribution in [0.4, 0.5) is 0 Å². The van der Waals surface area contributed by atoms with Crippen molar-refractivity contribution >= 4 is 25.7 Å². The molecule has 0 heterocycles. The summed E-state index contributed by atoms with van der Waals surface area (Å²) in [6, 6.07) is 5.58. The number of hydrogen-bond acceptors (Lipinski definition) is 4. The number of sulfonamides is 1. The van der Waals surface area contributed by atoms with E-state index in [2.05, 4.69) is 14.4 Å². The second-order valence-corrected chi connectivity index (χ2v) is 9.11. The summed E-state index contributed by atoms with van der Waals surface area (Å²) in [5, 5.41) is 0. The van der Waals surface area contributed by atoms with Gasteiger partial charge in [-0.25, -0.2) is 13.2 Å². The first kappa shape index (κ1) is 27.5. The second-order valence-electron chi connectivity index (χ2n) is 7.45. The number of nitrogens with zero attached hydrogens (tertiary/aromatic N) is 1. The Morgan fingerprint density at radius 1 is 1.25 bits per heavy atom. The maximum atomic E-state index is 12.5. The van der Waals surface area contributed by atoms with Gasteiger partial charge in [-0.15, -0.1) is 6.04 Å². The average molecular weight is 518 g/mol. The van der Waals surface area contributed by atoms with Crippen molar-refractivity contribution in [1.29, 1.82) is 0 Å². The van der Waals surface area contributed by atoms with Crippen LogP contribution in [-0.2, 0) is 37.8 Å². The minimum atomic E-state index is -3.77. The summed E-state index contributed by atoms with van der Waals surface area (Å²) in [4.78, 5) is 12.3. The molecule has 1 fully saturated rings. The topological polar surface area (TPSA) is 98.3 Å². The zero-order chi connectivity index (χ0) is 20.7. The molecule has 0 radical (unpaired) electrons. The standard InChI is InChI=1S/C18H26N2O4S.CH3.ClH.Ru/c1-18(2,3)24-17(21)14-9-5-4-8-13(14)12-25(22,23)20-16-11-7-6-10-15(16)19;;;/h4-5,8-9,15-16,19H,6-7,10-12H2,1-3H3;1H3;1H;/q-2;-1;;+4/p-1. The Balaban J connectivity index is 0.00000235. The Kier molecular flexibility index (Phi) is 12.0. The zero-order valence-corrected chi connectivity index (χ0v) is 20.0. The molecular weight excluding hydrogens is 489 g/mol. The number of hydrogen-bond donors (Lipinski definition) is 0. The van der Waals surface area contributed by atoms with Gasteiger partial charge in [-0.05, 0) is 32.4 Å². The number of benzene rings is 1. The summed E-state index contributed by atoms with van der Waals surface area (Å²) >= 11 is 1.82. The van der Waals surface area contributed by atoms with Gasteiger partial charge >= 0.3 is 33.0 Å². The van der Waals surface area contributed by atoms with Crippen molar-refractivity contribution in [3.05, 3.63) is 53.3 Å². The van der Waals surface area contributed by atoms with E-state index in [0.29, 0.717) is 18.4 Å². The van der Waals surface area contributed by atoms with Gasteiger partial charge in [0, 0.05) is 0 Å². The van der Waals surface area contributed by atoms with Crippen LogP contribution in [0.1, 0.15) is 62.4 Å². The molecule has 0 spiro atoms. The van der Waals surface area contributed by atoms with E-state index in [9.17, 15) is 13.2 Å². The van der Waals surface area contributed by atoms with Crippen molar-refractivity contribution in [3.63, 3.8) is 0 Å².